The molecule has 5 nitrogen and oxygen atoms in total. The first-order chi connectivity index (χ1) is 9.12. The van der Waals surface area contributed by atoms with Crippen molar-refractivity contribution in [2.45, 2.75) is 27.2 Å². The predicted octanol–water partition coefficient (Wildman–Crippen LogP) is 2.69. The van der Waals surface area contributed by atoms with Crippen LogP contribution in [-0.4, -0.2) is 9.97 Å². The first-order valence-corrected chi connectivity index (χ1v) is 6.31. The van der Waals surface area contributed by atoms with Crippen LogP contribution in [0.1, 0.15) is 23.9 Å². The first-order valence-electron chi connectivity index (χ1n) is 6.31. The van der Waals surface area contributed by atoms with Crippen LogP contribution < -0.4 is 16.6 Å². The highest BCUT2D eigenvalue weighted by molar-refractivity contribution is 5.60. The SMILES string of the molecule is CCc1nc(NN)cc(Nc2ccc(C)c(C)c2)n1. The maximum Gasteiger partial charge on any atom is 0.145 e. The summed E-state index contributed by atoms with van der Waals surface area (Å²) in [6.07, 6.45) is 0.761. The molecule has 0 aliphatic heterocycles. The van der Waals surface area contributed by atoms with Crippen molar-refractivity contribution < 1.29 is 0 Å². The van der Waals surface area contributed by atoms with Gasteiger partial charge < -0.3 is 10.7 Å². The number of nitrogens with one attached hydrogen (secondary N) is 2. The quantitative estimate of drug-likeness (QED) is 0.580. The average molecular weight is 257 g/mol. The van der Waals surface area contributed by atoms with Crippen LogP contribution >= 0.6 is 0 Å². The average Bonchev–Trinajstić information content (AvgIpc) is 2.42. The van der Waals surface area contributed by atoms with E-state index in [4.69, 9.17) is 5.84 Å². The van der Waals surface area contributed by atoms with E-state index >= 15 is 0 Å². The molecule has 19 heavy (non-hydrogen) atoms. The summed E-state index contributed by atoms with van der Waals surface area (Å²) >= 11 is 0. The van der Waals surface area contributed by atoms with Crippen molar-refractivity contribution in [3.63, 3.8) is 0 Å². The number of nitrogens with two attached hydrogens (primary N) is 1. The van der Waals surface area contributed by atoms with Gasteiger partial charge in [0.2, 0.25) is 0 Å². The zero-order valence-corrected chi connectivity index (χ0v) is 11.5. The zero-order valence-electron chi connectivity index (χ0n) is 11.5. The minimum absolute atomic E-state index is 0.609. The summed E-state index contributed by atoms with van der Waals surface area (Å²) < 4.78 is 0. The predicted molar refractivity (Wildman–Crippen MR) is 78.4 cm³/mol. The van der Waals surface area contributed by atoms with Gasteiger partial charge in [0.1, 0.15) is 17.5 Å². The number of nitrogens with zero attached hydrogens (tertiary/aromatic N) is 2. The van der Waals surface area contributed by atoms with Gasteiger partial charge in [-0.1, -0.05) is 13.0 Å². The van der Waals surface area contributed by atoms with Crippen molar-refractivity contribution in [2.24, 2.45) is 5.84 Å². The van der Waals surface area contributed by atoms with Crippen LogP contribution in [0, 0.1) is 13.8 Å². The molecular weight excluding hydrogens is 238 g/mol. The van der Waals surface area contributed by atoms with Crippen molar-refractivity contribution in [3.8, 4) is 0 Å². The molecule has 5 heteroatoms. The Morgan fingerprint density at radius 2 is 1.79 bits per heavy atom. The summed E-state index contributed by atoms with van der Waals surface area (Å²) in [5, 5.41) is 3.27. The van der Waals surface area contributed by atoms with E-state index in [1.165, 1.54) is 11.1 Å². The van der Waals surface area contributed by atoms with Crippen LogP contribution in [0.15, 0.2) is 24.3 Å². The number of nitrogen functional groups attached to an aromatic ring is 1. The molecule has 0 atom stereocenters. The fourth-order valence-corrected chi connectivity index (χ4v) is 1.76. The molecule has 100 valence electrons. The highest BCUT2D eigenvalue weighted by Gasteiger charge is 2.04. The molecule has 0 fully saturated rings. The van der Waals surface area contributed by atoms with Crippen LogP contribution in [0.4, 0.5) is 17.3 Å². The molecule has 2 aromatic rings. The maximum absolute atomic E-state index is 5.41. The Bertz CT molecular complexity index is 558. The van der Waals surface area contributed by atoms with Crippen molar-refractivity contribution in [3.05, 3.63) is 41.2 Å². The molecule has 0 aliphatic carbocycles. The second-order valence-corrected chi connectivity index (χ2v) is 4.48. The lowest BCUT2D eigenvalue weighted by molar-refractivity contribution is 0.941. The van der Waals surface area contributed by atoms with E-state index in [1.807, 2.05) is 13.0 Å². The smallest absolute Gasteiger partial charge is 0.145 e. The minimum atomic E-state index is 0.609. The largest absolute Gasteiger partial charge is 0.340 e. The van der Waals surface area contributed by atoms with E-state index < -0.39 is 0 Å². The van der Waals surface area contributed by atoms with E-state index in [9.17, 15) is 0 Å². The van der Waals surface area contributed by atoms with Gasteiger partial charge in [0.05, 0.1) is 0 Å². The number of aryl methyl sites for hydroxylation is 3. The van der Waals surface area contributed by atoms with Crippen LogP contribution in [0.5, 0.6) is 0 Å². The monoisotopic (exact) mass is 257 g/mol. The van der Waals surface area contributed by atoms with Crippen LogP contribution in [-0.2, 0) is 6.42 Å². The molecule has 0 aliphatic rings. The van der Waals surface area contributed by atoms with Gasteiger partial charge in [-0.25, -0.2) is 15.8 Å². The molecule has 0 amide bonds. The number of rotatable bonds is 4. The molecule has 0 unspecified atom stereocenters. The molecule has 0 spiro atoms. The van der Waals surface area contributed by atoms with Gasteiger partial charge in [-0.15, -0.1) is 0 Å². The van der Waals surface area contributed by atoms with Crippen LogP contribution in [0.2, 0.25) is 0 Å². The molecule has 0 saturated heterocycles. The van der Waals surface area contributed by atoms with Gasteiger partial charge in [0.15, 0.2) is 0 Å². The third kappa shape index (κ3) is 3.20. The van der Waals surface area contributed by atoms with Crippen LogP contribution in [0.3, 0.4) is 0 Å². The molecule has 0 radical (unpaired) electrons. The Labute approximate surface area is 113 Å². The fourth-order valence-electron chi connectivity index (χ4n) is 1.76. The van der Waals surface area contributed by atoms with Gasteiger partial charge in [0, 0.05) is 18.2 Å². The number of hydrogen-bond donors (Lipinski definition) is 3. The Balaban J connectivity index is 2.29. The normalized spacial score (nSPS) is 10.3. The highest BCUT2D eigenvalue weighted by Crippen LogP contribution is 2.20. The molecule has 4 N–H and O–H groups in total. The van der Waals surface area contributed by atoms with Gasteiger partial charge in [0.25, 0.3) is 0 Å². The lowest BCUT2D eigenvalue weighted by atomic mass is 10.1. The van der Waals surface area contributed by atoms with Crippen molar-refractivity contribution in [1.82, 2.24) is 9.97 Å². The summed E-state index contributed by atoms with van der Waals surface area (Å²) in [7, 11) is 0. The molecule has 0 saturated carbocycles. The van der Waals surface area contributed by atoms with E-state index in [2.05, 4.69) is 46.7 Å². The lowest BCUT2D eigenvalue weighted by Crippen LogP contribution is -2.11. The Morgan fingerprint density at radius 3 is 2.42 bits per heavy atom. The van der Waals surface area contributed by atoms with E-state index in [0.717, 1.165) is 23.8 Å². The summed E-state index contributed by atoms with van der Waals surface area (Å²) in [5.41, 5.74) is 6.08. The highest BCUT2D eigenvalue weighted by atomic mass is 15.3. The second kappa shape index (κ2) is 5.67. The van der Waals surface area contributed by atoms with Crippen LogP contribution in [0.25, 0.3) is 0 Å². The Kier molecular flexibility index (Phi) is 3.97. The number of aromatic nitrogens is 2. The second-order valence-electron chi connectivity index (χ2n) is 4.48. The van der Waals surface area contributed by atoms with Gasteiger partial charge in [-0.05, 0) is 37.1 Å². The van der Waals surface area contributed by atoms with Gasteiger partial charge >= 0.3 is 0 Å². The fraction of sp³-hybridized carbons (Fsp3) is 0.286. The number of hydrogen-bond acceptors (Lipinski definition) is 5. The summed E-state index contributed by atoms with van der Waals surface area (Å²) in [5.74, 6) is 7.51. The minimum Gasteiger partial charge on any atom is -0.340 e. The standard InChI is InChI=1S/C14H19N5/c1-4-12-17-13(8-14(18-12)19-15)16-11-6-5-9(2)10(3)7-11/h5-8H,4,15H2,1-3H3,(H2,16,17,18,19). The molecule has 2 rings (SSSR count). The molecule has 0 bridgehead atoms. The Hall–Kier alpha value is -2.14. The molecular formula is C14H19N5. The van der Waals surface area contributed by atoms with E-state index in [0.29, 0.717) is 5.82 Å². The Morgan fingerprint density at radius 1 is 1.05 bits per heavy atom. The zero-order chi connectivity index (χ0) is 13.8. The van der Waals surface area contributed by atoms with Crippen molar-refractivity contribution in [1.29, 1.82) is 0 Å². The topological polar surface area (TPSA) is 75.9 Å². The third-order valence-electron chi connectivity index (χ3n) is 3.02. The number of hydrazine groups is 1. The van der Waals surface area contributed by atoms with E-state index in [-0.39, 0.29) is 0 Å². The molecule has 1 heterocycles. The van der Waals surface area contributed by atoms with E-state index in [1.54, 1.807) is 6.07 Å². The lowest BCUT2D eigenvalue weighted by Gasteiger charge is -2.10. The van der Waals surface area contributed by atoms with Gasteiger partial charge in [-0.3, -0.25) is 0 Å². The third-order valence-corrected chi connectivity index (χ3v) is 3.02. The first kappa shape index (κ1) is 13.3. The molecule has 1 aromatic carbocycles. The molecule has 1 aromatic heterocycles. The number of benzene rings is 1. The maximum atomic E-state index is 5.41. The number of anilines is 3. The summed E-state index contributed by atoms with van der Waals surface area (Å²) in [6.45, 7) is 6.19. The van der Waals surface area contributed by atoms with Crippen molar-refractivity contribution >= 4 is 17.3 Å². The summed E-state index contributed by atoms with van der Waals surface area (Å²) in [4.78, 5) is 8.69. The summed E-state index contributed by atoms with van der Waals surface area (Å²) in [6, 6.07) is 8.00. The van der Waals surface area contributed by atoms with Gasteiger partial charge in [-0.2, -0.15) is 0 Å². The van der Waals surface area contributed by atoms with Crippen molar-refractivity contribution in [2.75, 3.05) is 10.7 Å².